The van der Waals surface area contributed by atoms with Gasteiger partial charge in [0.2, 0.25) is 0 Å². The zero-order chi connectivity index (χ0) is 19.0. The van der Waals surface area contributed by atoms with E-state index in [9.17, 15) is 4.79 Å². The number of aromatic nitrogens is 1. The summed E-state index contributed by atoms with van der Waals surface area (Å²) in [5, 5.41) is 1.52. The third kappa shape index (κ3) is 3.53. The van der Waals surface area contributed by atoms with Gasteiger partial charge in [0.1, 0.15) is 13.2 Å². The molecule has 0 spiro atoms. The molecule has 5 nitrogen and oxygen atoms in total. The highest BCUT2D eigenvalue weighted by Gasteiger charge is 2.20. The van der Waals surface area contributed by atoms with Gasteiger partial charge in [-0.2, -0.15) is 0 Å². The topological polar surface area (TPSA) is 60.6 Å². The third-order valence-electron chi connectivity index (χ3n) is 4.47. The summed E-state index contributed by atoms with van der Waals surface area (Å²) < 4.78 is 17.1. The molecule has 1 aromatic heterocycles. The number of fused-ring (bicyclic) bond motifs is 2. The van der Waals surface area contributed by atoms with Gasteiger partial charge in [0.05, 0.1) is 23.8 Å². The number of pyridine rings is 1. The summed E-state index contributed by atoms with van der Waals surface area (Å²) in [5.74, 6) is 1.31. The molecular formula is C21H20ClNO4. The molecule has 6 heteroatoms. The van der Waals surface area contributed by atoms with E-state index in [2.05, 4.69) is 4.98 Å². The van der Waals surface area contributed by atoms with Crippen LogP contribution in [0.1, 0.15) is 19.4 Å². The smallest absolute Gasteiger partial charge is 0.254 e. The fourth-order valence-corrected chi connectivity index (χ4v) is 3.33. The van der Waals surface area contributed by atoms with Crippen molar-refractivity contribution in [3.63, 3.8) is 0 Å². The molecule has 2 heterocycles. The van der Waals surface area contributed by atoms with E-state index in [4.69, 9.17) is 25.8 Å². The SMILES string of the molecule is CC(C)OCc1c(-c2ccc(Cl)cc2)c2cc3c(cc2[nH]c1=O)OCCO3. The summed E-state index contributed by atoms with van der Waals surface area (Å²) >= 11 is 6.06. The second kappa shape index (κ2) is 7.25. The molecule has 0 atom stereocenters. The molecule has 0 aliphatic carbocycles. The largest absolute Gasteiger partial charge is 0.486 e. The molecule has 0 amide bonds. The Hall–Kier alpha value is -2.50. The highest BCUT2D eigenvalue weighted by Crippen LogP contribution is 2.38. The second-order valence-corrected chi connectivity index (χ2v) is 7.15. The van der Waals surface area contributed by atoms with Crippen LogP contribution in [-0.4, -0.2) is 24.3 Å². The number of hydrogen-bond donors (Lipinski definition) is 1. The van der Waals surface area contributed by atoms with E-state index in [1.807, 2.05) is 50.2 Å². The first kappa shape index (κ1) is 17.9. The minimum atomic E-state index is -0.176. The van der Waals surface area contributed by atoms with Gasteiger partial charge in [0.15, 0.2) is 11.5 Å². The van der Waals surface area contributed by atoms with Crippen LogP contribution < -0.4 is 15.0 Å². The average Bonchev–Trinajstić information content (AvgIpc) is 2.65. The quantitative estimate of drug-likeness (QED) is 0.716. The Morgan fingerprint density at radius 2 is 1.78 bits per heavy atom. The third-order valence-corrected chi connectivity index (χ3v) is 4.72. The monoisotopic (exact) mass is 385 g/mol. The minimum Gasteiger partial charge on any atom is -0.486 e. The molecule has 0 saturated carbocycles. The van der Waals surface area contributed by atoms with Crippen molar-refractivity contribution >= 4 is 22.5 Å². The molecule has 0 unspecified atom stereocenters. The Labute approximate surface area is 161 Å². The van der Waals surface area contributed by atoms with Crippen LogP contribution >= 0.6 is 11.6 Å². The van der Waals surface area contributed by atoms with Crippen molar-refractivity contribution < 1.29 is 14.2 Å². The van der Waals surface area contributed by atoms with Crippen LogP contribution in [0, 0.1) is 0 Å². The molecule has 1 N–H and O–H groups in total. The molecule has 0 saturated heterocycles. The Morgan fingerprint density at radius 3 is 2.44 bits per heavy atom. The van der Waals surface area contributed by atoms with E-state index < -0.39 is 0 Å². The lowest BCUT2D eigenvalue weighted by molar-refractivity contribution is 0.0654. The van der Waals surface area contributed by atoms with E-state index in [1.54, 1.807) is 0 Å². The molecule has 3 aromatic rings. The standard InChI is InChI=1S/C21H20ClNO4/c1-12(2)27-11-16-20(13-3-5-14(22)6-4-13)15-9-18-19(26-8-7-25-18)10-17(15)23-21(16)24/h3-6,9-10,12H,7-8,11H2,1-2H3,(H,23,24). The molecule has 1 aliphatic heterocycles. The maximum atomic E-state index is 12.8. The Balaban J connectivity index is 1.99. The molecule has 27 heavy (non-hydrogen) atoms. The second-order valence-electron chi connectivity index (χ2n) is 6.72. The van der Waals surface area contributed by atoms with Gasteiger partial charge < -0.3 is 19.2 Å². The van der Waals surface area contributed by atoms with E-state index in [1.165, 1.54) is 0 Å². The van der Waals surface area contributed by atoms with Gasteiger partial charge in [-0.25, -0.2) is 0 Å². The van der Waals surface area contributed by atoms with Gasteiger partial charge in [-0.05, 0) is 37.6 Å². The number of H-pyrrole nitrogens is 1. The molecule has 1 aliphatic rings. The van der Waals surface area contributed by atoms with Crippen LogP contribution in [0.25, 0.3) is 22.0 Å². The van der Waals surface area contributed by atoms with Crippen molar-refractivity contribution in [2.24, 2.45) is 0 Å². The van der Waals surface area contributed by atoms with Crippen molar-refractivity contribution in [3.8, 4) is 22.6 Å². The van der Waals surface area contributed by atoms with Crippen LogP contribution in [0.2, 0.25) is 5.02 Å². The number of benzene rings is 2. The molecule has 4 rings (SSSR count). The number of rotatable bonds is 4. The van der Waals surface area contributed by atoms with Gasteiger partial charge in [-0.15, -0.1) is 0 Å². The zero-order valence-electron chi connectivity index (χ0n) is 15.2. The predicted octanol–water partition coefficient (Wildman–Crippen LogP) is 4.54. The molecule has 0 radical (unpaired) electrons. The van der Waals surface area contributed by atoms with Crippen molar-refractivity contribution in [2.75, 3.05) is 13.2 Å². The Bertz CT molecular complexity index is 1040. The van der Waals surface area contributed by atoms with E-state index in [0.717, 1.165) is 16.5 Å². The van der Waals surface area contributed by atoms with Gasteiger partial charge in [-0.1, -0.05) is 23.7 Å². The summed E-state index contributed by atoms with van der Waals surface area (Å²) in [5.41, 5.74) is 2.82. The number of ether oxygens (including phenoxy) is 3. The first-order valence-electron chi connectivity index (χ1n) is 8.89. The summed E-state index contributed by atoms with van der Waals surface area (Å²) in [7, 11) is 0. The number of nitrogens with one attached hydrogen (secondary N) is 1. The van der Waals surface area contributed by atoms with Crippen molar-refractivity contribution in [3.05, 3.63) is 57.3 Å². The summed E-state index contributed by atoms with van der Waals surface area (Å²) in [6.07, 6.45) is 0.0124. The van der Waals surface area contributed by atoms with Crippen molar-refractivity contribution in [1.82, 2.24) is 4.98 Å². The number of aromatic amines is 1. The number of hydrogen-bond acceptors (Lipinski definition) is 4. The van der Waals surface area contributed by atoms with Crippen molar-refractivity contribution in [2.45, 2.75) is 26.6 Å². The first-order chi connectivity index (χ1) is 13.0. The summed E-state index contributed by atoms with van der Waals surface area (Å²) in [6, 6.07) is 11.2. The lowest BCUT2D eigenvalue weighted by Crippen LogP contribution is -2.19. The zero-order valence-corrected chi connectivity index (χ0v) is 15.9. The van der Waals surface area contributed by atoms with Gasteiger partial charge in [0, 0.05) is 22.0 Å². The molecule has 2 aromatic carbocycles. The Morgan fingerprint density at radius 1 is 1.11 bits per heavy atom. The van der Waals surface area contributed by atoms with E-state index in [-0.39, 0.29) is 18.3 Å². The lowest BCUT2D eigenvalue weighted by Gasteiger charge is -2.21. The van der Waals surface area contributed by atoms with Crippen LogP contribution in [-0.2, 0) is 11.3 Å². The normalized spacial score (nSPS) is 13.3. The van der Waals surface area contributed by atoms with Crippen LogP contribution in [0.3, 0.4) is 0 Å². The van der Waals surface area contributed by atoms with Gasteiger partial charge in [0.25, 0.3) is 5.56 Å². The van der Waals surface area contributed by atoms with Crippen LogP contribution in [0.15, 0.2) is 41.2 Å². The maximum Gasteiger partial charge on any atom is 0.254 e. The predicted molar refractivity (Wildman–Crippen MR) is 106 cm³/mol. The summed E-state index contributed by atoms with van der Waals surface area (Å²) in [4.78, 5) is 15.8. The first-order valence-corrected chi connectivity index (χ1v) is 9.27. The fraction of sp³-hybridized carbons (Fsp3) is 0.286. The average molecular weight is 386 g/mol. The molecule has 0 fully saturated rings. The molecule has 140 valence electrons. The van der Waals surface area contributed by atoms with Gasteiger partial charge in [-0.3, -0.25) is 4.79 Å². The molecular weight excluding hydrogens is 366 g/mol. The van der Waals surface area contributed by atoms with Gasteiger partial charge >= 0.3 is 0 Å². The van der Waals surface area contributed by atoms with Crippen molar-refractivity contribution in [1.29, 1.82) is 0 Å². The maximum absolute atomic E-state index is 12.8. The van der Waals surface area contributed by atoms with E-state index >= 15 is 0 Å². The van der Waals surface area contributed by atoms with E-state index in [0.29, 0.717) is 40.8 Å². The number of halogens is 1. The van der Waals surface area contributed by atoms with Crippen LogP contribution in [0.4, 0.5) is 0 Å². The van der Waals surface area contributed by atoms with Crippen LogP contribution in [0.5, 0.6) is 11.5 Å². The molecule has 0 bridgehead atoms. The highest BCUT2D eigenvalue weighted by molar-refractivity contribution is 6.30. The lowest BCUT2D eigenvalue weighted by atomic mass is 9.96. The highest BCUT2D eigenvalue weighted by atomic mass is 35.5. The Kier molecular flexibility index (Phi) is 4.81. The summed E-state index contributed by atoms with van der Waals surface area (Å²) in [6.45, 7) is 5.10. The fourth-order valence-electron chi connectivity index (χ4n) is 3.21. The minimum absolute atomic E-state index is 0.0124.